The Kier molecular flexibility index (Phi) is 2.37. The van der Waals surface area contributed by atoms with E-state index < -0.39 is 0 Å². The van der Waals surface area contributed by atoms with Gasteiger partial charge < -0.3 is 4.90 Å². The summed E-state index contributed by atoms with van der Waals surface area (Å²) >= 11 is 0. The number of hydrogen-bond donors (Lipinski definition) is 0. The lowest BCUT2D eigenvalue weighted by atomic mass is 10.1. The van der Waals surface area contributed by atoms with Crippen LogP contribution in [0.1, 0.15) is 19.3 Å². The number of anilines is 1. The van der Waals surface area contributed by atoms with Gasteiger partial charge in [0.1, 0.15) is 12.1 Å². The van der Waals surface area contributed by atoms with Crippen molar-refractivity contribution in [3.63, 3.8) is 0 Å². The predicted molar refractivity (Wildman–Crippen MR) is 85.2 cm³/mol. The van der Waals surface area contributed by atoms with E-state index in [-0.39, 0.29) is 0 Å². The third kappa shape index (κ3) is 1.81. The zero-order chi connectivity index (χ0) is 14.6. The number of aromatic nitrogens is 4. The van der Waals surface area contributed by atoms with Gasteiger partial charge in [0, 0.05) is 24.5 Å². The van der Waals surface area contributed by atoms with Crippen LogP contribution in [0.25, 0.3) is 16.7 Å². The Morgan fingerprint density at radius 1 is 1.00 bits per heavy atom. The largest absolute Gasteiger partial charge is 0.356 e. The highest BCUT2D eigenvalue weighted by Crippen LogP contribution is 2.53. The van der Waals surface area contributed by atoms with Crippen molar-refractivity contribution in [3.8, 4) is 5.82 Å². The second-order valence-corrected chi connectivity index (χ2v) is 6.52. The first-order valence-corrected chi connectivity index (χ1v) is 7.83. The molecular weight excluding hydrogens is 274 g/mol. The molecule has 0 atom stereocenters. The quantitative estimate of drug-likeness (QED) is 0.728. The van der Waals surface area contributed by atoms with Gasteiger partial charge in [0.15, 0.2) is 5.82 Å². The number of nitrogens with zero attached hydrogens (tertiary/aromatic N) is 5. The fraction of sp³-hybridized carbons (Fsp3) is 0.353. The third-order valence-corrected chi connectivity index (χ3v) is 5.05. The Hall–Kier alpha value is -2.43. The van der Waals surface area contributed by atoms with Crippen molar-refractivity contribution in [1.29, 1.82) is 0 Å². The molecule has 2 aliphatic rings. The van der Waals surface area contributed by atoms with Crippen LogP contribution in [-0.4, -0.2) is 32.8 Å². The molecule has 5 rings (SSSR count). The highest BCUT2D eigenvalue weighted by atomic mass is 15.3. The lowest BCUT2D eigenvalue weighted by molar-refractivity contribution is 0.580. The molecule has 0 amide bonds. The van der Waals surface area contributed by atoms with Crippen LogP contribution < -0.4 is 4.90 Å². The van der Waals surface area contributed by atoms with Crippen LogP contribution in [0.3, 0.4) is 0 Å². The lowest BCUT2D eigenvalue weighted by Gasteiger charge is -2.17. The molecule has 2 fully saturated rings. The van der Waals surface area contributed by atoms with E-state index in [1.54, 1.807) is 6.33 Å². The maximum absolute atomic E-state index is 4.48. The normalized spacial score (nSPS) is 19.2. The molecule has 5 heteroatoms. The first-order valence-electron chi connectivity index (χ1n) is 7.83. The van der Waals surface area contributed by atoms with E-state index in [1.807, 2.05) is 23.0 Å². The molecule has 0 unspecified atom stereocenters. The smallest absolute Gasteiger partial charge is 0.159 e. The summed E-state index contributed by atoms with van der Waals surface area (Å²) < 4.78 is 1.89. The van der Waals surface area contributed by atoms with Crippen LogP contribution in [0.4, 0.5) is 5.82 Å². The third-order valence-electron chi connectivity index (χ3n) is 5.05. The Balaban J connectivity index is 1.54. The van der Waals surface area contributed by atoms with E-state index in [0.717, 1.165) is 35.6 Å². The predicted octanol–water partition coefficient (Wildman–Crippen LogP) is 2.81. The minimum atomic E-state index is 0.601. The van der Waals surface area contributed by atoms with Crippen molar-refractivity contribution < 1.29 is 0 Å². The zero-order valence-corrected chi connectivity index (χ0v) is 12.3. The van der Waals surface area contributed by atoms with Crippen LogP contribution in [0.2, 0.25) is 0 Å². The van der Waals surface area contributed by atoms with Crippen molar-refractivity contribution in [2.45, 2.75) is 19.3 Å². The molecule has 3 heterocycles. The number of fused-ring (bicyclic) bond motifs is 1. The van der Waals surface area contributed by atoms with Gasteiger partial charge in [0.2, 0.25) is 0 Å². The highest BCUT2D eigenvalue weighted by Gasteiger charge is 2.47. The molecule has 0 N–H and O–H groups in total. The van der Waals surface area contributed by atoms with Crippen LogP contribution in [0, 0.1) is 5.41 Å². The minimum Gasteiger partial charge on any atom is -0.356 e. The molecule has 1 saturated heterocycles. The van der Waals surface area contributed by atoms with Gasteiger partial charge in [0.25, 0.3) is 0 Å². The lowest BCUT2D eigenvalue weighted by Crippen LogP contribution is -2.21. The molecule has 1 aliphatic heterocycles. The molecule has 3 aromatic rings. The fourth-order valence-electron chi connectivity index (χ4n) is 3.50. The van der Waals surface area contributed by atoms with E-state index in [2.05, 4.69) is 38.2 Å². The van der Waals surface area contributed by atoms with Crippen molar-refractivity contribution in [3.05, 3.63) is 42.9 Å². The molecule has 22 heavy (non-hydrogen) atoms. The first kappa shape index (κ1) is 12.1. The second kappa shape index (κ2) is 4.29. The summed E-state index contributed by atoms with van der Waals surface area (Å²) in [5.74, 6) is 1.86. The van der Waals surface area contributed by atoms with Gasteiger partial charge >= 0.3 is 0 Å². The average molecular weight is 291 g/mol. The monoisotopic (exact) mass is 291 g/mol. The highest BCUT2D eigenvalue weighted by molar-refractivity contribution is 5.79. The molecule has 1 spiro atoms. The zero-order valence-electron chi connectivity index (χ0n) is 12.3. The summed E-state index contributed by atoms with van der Waals surface area (Å²) in [5.41, 5.74) is 1.68. The Morgan fingerprint density at radius 3 is 2.73 bits per heavy atom. The van der Waals surface area contributed by atoms with Gasteiger partial charge in [-0.25, -0.2) is 14.6 Å². The van der Waals surface area contributed by atoms with Crippen molar-refractivity contribution in [1.82, 2.24) is 19.7 Å². The number of hydrogen-bond acceptors (Lipinski definition) is 4. The standard InChI is InChI=1S/C17H17N5/c1-2-4-14-13(3-1)10-20-22(14)16-9-15(18-12-19-16)21-8-7-17(11-21)5-6-17/h1-4,9-10,12H,5-8,11H2. The van der Waals surface area contributed by atoms with Gasteiger partial charge in [-0.3, -0.25) is 0 Å². The molecule has 2 aromatic heterocycles. The molecule has 1 aliphatic carbocycles. The molecule has 1 aromatic carbocycles. The molecule has 1 saturated carbocycles. The summed E-state index contributed by atoms with van der Waals surface area (Å²) in [4.78, 5) is 11.3. The Morgan fingerprint density at radius 2 is 1.86 bits per heavy atom. The van der Waals surface area contributed by atoms with Crippen LogP contribution in [0.15, 0.2) is 42.9 Å². The minimum absolute atomic E-state index is 0.601. The summed E-state index contributed by atoms with van der Waals surface area (Å²) in [6, 6.07) is 10.2. The molecule has 0 bridgehead atoms. The number of para-hydroxylation sites is 1. The first-order chi connectivity index (χ1) is 10.8. The Bertz CT molecular complexity index is 849. The van der Waals surface area contributed by atoms with Crippen molar-refractivity contribution in [2.75, 3.05) is 18.0 Å². The van der Waals surface area contributed by atoms with Crippen molar-refractivity contribution in [2.24, 2.45) is 5.41 Å². The van der Waals surface area contributed by atoms with Gasteiger partial charge in [-0.05, 0) is 30.7 Å². The maximum Gasteiger partial charge on any atom is 0.159 e. The van der Waals surface area contributed by atoms with E-state index in [1.165, 1.54) is 19.3 Å². The molecule has 110 valence electrons. The van der Waals surface area contributed by atoms with Crippen LogP contribution >= 0.6 is 0 Å². The SMILES string of the molecule is c1ccc2c(c1)cnn2-c1cc(N2CCC3(CC3)C2)ncn1. The van der Waals surface area contributed by atoms with Gasteiger partial charge in [-0.2, -0.15) is 5.10 Å². The van der Waals surface area contributed by atoms with Gasteiger partial charge in [-0.1, -0.05) is 18.2 Å². The average Bonchev–Trinajstić information content (AvgIpc) is 2.99. The van der Waals surface area contributed by atoms with Crippen molar-refractivity contribution >= 4 is 16.7 Å². The van der Waals surface area contributed by atoms with E-state index in [9.17, 15) is 0 Å². The Labute approximate surface area is 128 Å². The molecule has 0 radical (unpaired) electrons. The number of benzene rings is 1. The second-order valence-electron chi connectivity index (χ2n) is 6.52. The van der Waals surface area contributed by atoms with Crippen LogP contribution in [0.5, 0.6) is 0 Å². The summed E-state index contributed by atoms with van der Waals surface area (Å²) in [7, 11) is 0. The summed E-state index contributed by atoms with van der Waals surface area (Å²) in [6.45, 7) is 2.25. The number of rotatable bonds is 2. The molecule has 5 nitrogen and oxygen atoms in total. The molecular formula is C17H17N5. The summed E-state index contributed by atoms with van der Waals surface area (Å²) in [6.07, 6.45) is 7.60. The van der Waals surface area contributed by atoms with E-state index in [4.69, 9.17) is 0 Å². The van der Waals surface area contributed by atoms with E-state index >= 15 is 0 Å². The maximum atomic E-state index is 4.48. The van der Waals surface area contributed by atoms with Gasteiger partial charge in [-0.15, -0.1) is 0 Å². The van der Waals surface area contributed by atoms with Gasteiger partial charge in [0.05, 0.1) is 11.7 Å². The summed E-state index contributed by atoms with van der Waals surface area (Å²) in [5, 5.41) is 5.61. The van der Waals surface area contributed by atoms with Crippen LogP contribution in [-0.2, 0) is 0 Å². The fourth-order valence-corrected chi connectivity index (χ4v) is 3.50. The van der Waals surface area contributed by atoms with E-state index in [0.29, 0.717) is 5.41 Å². The topological polar surface area (TPSA) is 46.8 Å².